The molecule has 1 aromatic rings. The van der Waals surface area contributed by atoms with Crippen LogP contribution in [0.5, 0.6) is 0 Å². The van der Waals surface area contributed by atoms with E-state index in [-0.39, 0.29) is 29.0 Å². The number of carbonyl (C=O) groups is 2. The maximum Gasteiger partial charge on any atom is 0.230 e. The molecular formula is C19H23FN2O2. The minimum Gasteiger partial charge on any atom is -0.341 e. The van der Waals surface area contributed by atoms with Crippen LogP contribution >= 0.6 is 0 Å². The lowest BCUT2D eigenvalue weighted by Gasteiger charge is -2.39. The smallest absolute Gasteiger partial charge is 0.230 e. The first-order chi connectivity index (χ1) is 11.6. The summed E-state index contributed by atoms with van der Waals surface area (Å²) >= 11 is 0. The van der Waals surface area contributed by atoms with Gasteiger partial charge in [-0.2, -0.15) is 0 Å². The first-order valence-electron chi connectivity index (χ1n) is 8.90. The number of piperidine rings is 1. The van der Waals surface area contributed by atoms with Crippen molar-refractivity contribution < 1.29 is 14.0 Å². The number of hydrogen-bond acceptors (Lipinski definition) is 2. The summed E-state index contributed by atoms with van der Waals surface area (Å²) in [4.78, 5) is 29.2. The Balaban J connectivity index is 1.46. The highest BCUT2D eigenvalue weighted by atomic mass is 19.1. The van der Waals surface area contributed by atoms with Crippen molar-refractivity contribution in [3.63, 3.8) is 0 Å². The van der Waals surface area contributed by atoms with Gasteiger partial charge in [0.1, 0.15) is 5.82 Å². The predicted molar refractivity (Wildman–Crippen MR) is 87.4 cm³/mol. The minimum atomic E-state index is -0.386. The van der Waals surface area contributed by atoms with Crippen molar-refractivity contribution in [1.82, 2.24) is 9.80 Å². The van der Waals surface area contributed by atoms with Gasteiger partial charge in [0.05, 0.1) is 5.41 Å². The summed E-state index contributed by atoms with van der Waals surface area (Å²) < 4.78 is 13.1. The minimum absolute atomic E-state index is 0.171. The number of halogens is 1. The third-order valence-electron chi connectivity index (χ3n) is 5.70. The summed E-state index contributed by atoms with van der Waals surface area (Å²) in [5, 5.41) is 0. The molecule has 128 valence electrons. The number of rotatable bonds is 3. The van der Waals surface area contributed by atoms with Crippen molar-refractivity contribution in [1.29, 1.82) is 0 Å². The fourth-order valence-corrected chi connectivity index (χ4v) is 4.14. The van der Waals surface area contributed by atoms with E-state index in [9.17, 15) is 14.0 Å². The van der Waals surface area contributed by atoms with Crippen molar-refractivity contribution in [2.24, 2.45) is 11.3 Å². The first-order valence-corrected chi connectivity index (χ1v) is 8.90. The molecule has 1 aromatic carbocycles. The number of carbonyl (C=O) groups excluding carboxylic acids is 2. The molecular weight excluding hydrogens is 307 g/mol. The van der Waals surface area contributed by atoms with Crippen LogP contribution in [-0.4, -0.2) is 41.2 Å². The van der Waals surface area contributed by atoms with Crippen LogP contribution in [0.4, 0.5) is 4.39 Å². The van der Waals surface area contributed by atoms with Gasteiger partial charge in [0, 0.05) is 32.1 Å². The third-order valence-corrected chi connectivity index (χ3v) is 5.70. The Labute approximate surface area is 141 Å². The van der Waals surface area contributed by atoms with Crippen LogP contribution < -0.4 is 0 Å². The molecule has 5 heteroatoms. The molecule has 2 aliphatic heterocycles. The second-order valence-electron chi connectivity index (χ2n) is 7.52. The van der Waals surface area contributed by atoms with Gasteiger partial charge in [0.15, 0.2) is 0 Å². The van der Waals surface area contributed by atoms with Gasteiger partial charge in [-0.3, -0.25) is 9.59 Å². The fourth-order valence-electron chi connectivity index (χ4n) is 4.14. The van der Waals surface area contributed by atoms with Crippen LogP contribution in [-0.2, 0) is 16.1 Å². The van der Waals surface area contributed by atoms with Crippen molar-refractivity contribution >= 4 is 11.8 Å². The summed E-state index contributed by atoms with van der Waals surface area (Å²) in [5.41, 5.74) is 0.564. The SMILES string of the molecule is O=C(C1CC1)N1CCC2(CCCN(Cc3ccc(F)cc3)C2=O)C1. The maximum absolute atomic E-state index is 13.1. The Morgan fingerprint density at radius 3 is 2.62 bits per heavy atom. The normalized spacial score (nSPS) is 27.1. The number of benzene rings is 1. The van der Waals surface area contributed by atoms with Crippen molar-refractivity contribution in [2.45, 2.75) is 38.6 Å². The molecule has 2 saturated heterocycles. The van der Waals surface area contributed by atoms with Crippen LogP contribution in [0.1, 0.15) is 37.7 Å². The molecule has 1 atom stereocenters. The van der Waals surface area contributed by atoms with Gasteiger partial charge < -0.3 is 9.80 Å². The van der Waals surface area contributed by atoms with E-state index in [1.165, 1.54) is 12.1 Å². The van der Waals surface area contributed by atoms with Gasteiger partial charge in [-0.1, -0.05) is 12.1 Å². The number of nitrogens with zero attached hydrogens (tertiary/aromatic N) is 2. The quantitative estimate of drug-likeness (QED) is 0.855. The van der Waals surface area contributed by atoms with E-state index in [1.807, 2.05) is 9.80 Å². The fraction of sp³-hybridized carbons (Fsp3) is 0.579. The van der Waals surface area contributed by atoms with Crippen LogP contribution in [0.3, 0.4) is 0 Å². The molecule has 24 heavy (non-hydrogen) atoms. The van der Waals surface area contributed by atoms with Gasteiger partial charge in [0.2, 0.25) is 11.8 Å². The highest BCUT2D eigenvalue weighted by Crippen LogP contribution is 2.42. The standard InChI is InChI=1S/C19H23FN2O2/c20-16-6-2-14(3-7-16)12-21-10-1-8-19(18(21)24)9-11-22(13-19)17(23)15-4-5-15/h2-3,6-7,15H,1,4-5,8-13H2. The first kappa shape index (κ1) is 15.6. The zero-order valence-corrected chi connectivity index (χ0v) is 13.8. The van der Waals surface area contributed by atoms with E-state index in [0.29, 0.717) is 19.6 Å². The van der Waals surface area contributed by atoms with Crippen LogP contribution in [0, 0.1) is 17.2 Å². The Morgan fingerprint density at radius 1 is 1.17 bits per heavy atom. The summed E-state index contributed by atoms with van der Waals surface area (Å²) in [6.07, 6.45) is 4.64. The van der Waals surface area contributed by atoms with E-state index in [2.05, 4.69) is 0 Å². The highest BCUT2D eigenvalue weighted by Gasteiger charge is 2.50. The van der Waals surface area contributed by atoms with Crippen LogP contribution in [0.2, 0.25) is 0 Å². The van der Waals surface area contributed by atoms with Gasteiger partial charge in [0.25, 0.3) is 0 Å². The topological polar surface area (TPSA) is 40.6 Å². The monoisotopic (exact) mass is 330 g/mol. The molecule has 1 aliphatic carbocycles. The van der Waals surface area contributed by atoms with E-state index >= 15 is 0 Å². The zero-order valence-electron chi connectivity index (χ0n) is 13.8. The molecule has 2 heterocycles. The van der Waals surface area contributed by atoms with Crippen LogP contribution in [0.15, 0.2) is 24.3 Å². The van der Waals surface area contributed by atoms with Crippen molar-refractivity contribution in [3.8, 4) is 0 Å². The highest BCUT2D eigenvalue weighted by molar-refractivity contribution is 5.87. The number of amides is 2. The average molecular weight is 330 g/mol. The molecule has 1 saturated carbocycles. The molecule has 0 radical (unpaired) electrons. The Kier molecular flexibility index (Phi) is 3.82. The van der Waals surface area contributed by atoms with E-state index in [4.69, 9.17) is 0 Å². The molecule has 0 N–H and O–H groups in total. The maximum atomic E-state index is 13.1. The second-order valence-corrected chi connectivity index (χ2v) is 7.52. The molecule has 4 rings (SSSR count). The summed E-state index contributed by atoms with van der Waals surface area (Å²) in [6.45, 7) is 2.57. The number of likely N-dealkylation sites (tertiary alicyclic amines) is 2. The Hall–Kier alpha value is -1.91. The second kappa shape index (κ2) is 5.87. The predicted octanol–water partition coefficient (Wildman–Crippen LogP) is 2.58. The number of hydrogen-bond donors (Lipinski definition) is 0. The lowest BCUT2D eigenvalue weighted by Crippen LogP contribution is -2.50. The molecule has 3 aliphatic rings. The van der Waals surface area contributed by atoms with E-state index in [0.717, 1.165) is 44.2 Å². The van der Waals surface area contributed by atoms with Gasteiger partial charge in [-0.05, 0) is 49.8 Å². The van der Waals surface area contributed by atoms with Crippen LogP contribution in [0.25, 0.3) is 0 Å². The zero-order chi connectivity index (χ0) is 16.7. The lowest BCUT2D eigenvalue weighted by atomic mass is 9.78. The molecule has 3 fully saturated rings. The third kappa shape index (κ3) is 2.80. The Bertz CT molecular complexity index is 656. The molecule has 1 unspecified atom stereocenters. The van der Waals surface area contributed by atoms with E-state index in [1.54, 1.807) is 12.1 Å². The lowest BCUT2D eigenvalue weighted by molar-refractivity contribution is -0.147. The van der Waals surface area contributed by atoms with E-state index < -0.39 is 0 Å². The molecule has 0 bridgehead atoms. The molecule has 0 aromatic heterocycles. The van der Waals surface area contributed by atoms with Crippen molar-refractivity contribution in [3.05, 3.63) is 35.6 Å². The summed E-state index contributed by atoms with van der Waals surface area (Å²) in [6, 6.07) is 6.35. The average Bonchev–Trinajstić information content (AvgIpc) is 3.35. The Morgan fingerprint density at radius 2 is 1.92 bits per heavy atom. The largest absolute Gasteiger partial charge is 0.341 e. The summed E-state index contributed by atoms with van der Waals surface area (Å²) in [7, 11) is 0. The van der Waals surface area contributed by atoms with Crippen molar-refractivity contribution in [2.75, 3.05) is 19.6 Å². The summed E-state index contributed by atoms with van der Waals surface area (Å²) in [5.74, 6) is 0.374. The molecule has 1 spiro atoms. The molecule has 2 amide bonds. The molecule has 4 nitrogen and oxygen atoms in total. The van der Waals surface area contributed by atoms with Gasteiger partial charge in [-0.15, -0.1) is 0 Å². The van der Waals surface area contributed by atoms with Gasteiger partial charge >= 0.3 is 0 Å². The van der Waals surface area contributed by atoms with Gasteiger partial charge in [-0.25, -0.2) is 4.39 Å².